The molecule has 0 spiro atoms. The number of hydrogen-bond donors (Lipinski definition) is 1. The Morgan fingerprint density at radius 3 is 2.90 bits per heavy atom. The first-order valence-electron chi connectivity index (χ1n) is 7.10. The first-order chi connectivity index (χ1) is 9.99. The third kappa shape index (κ3) is 2.40. The second kappa shape index (κ2) is 5.31. The van der Waals surface area contributed by atoms with E-state index in [1.165, 1.54) is 4.88 Å². The van der Waals surface area contributed by atoms with Crippen LogP contribution in [-0.4, -0.2) is 22.5 Å². The van der Waals surface area contributed by atoms with E-state index in [2.05, 4.69) is 11.8 Å². The number of hydrogen-bond acceptors (Lipinski definition) is 4. The summed E-state index contributed by atoms with van der Waals surface area (Å²) in [6.07, 6.45) is 0.914. The van der Waals surface area contributed by atoms with Crippen molar-refractivity contribution in [3.63, 3.8) is 0 Å². The van der Waals surface area contributed by atoms with Crippen LogP contribution in [0.15, 0.2) is 21.9 Å². The van der Waals surface area contributed by atoms with E-state index in [0.29, 0.717) is 0 Å². The van der Waals surface area contributed by atoms with Crippen LogP contribution in [0.5, 0.6) is 0 Å². The minimum absolute atomic E-state index is 0.0246. The zero-order valence-corrected chi connectivity index (χ0v) is 13.2. The van der Waals surface area contributed by atoms with E-state index in [1.54, 1.807) is 11.3 Å². The van der Waals surface area contributed by atoms with Crippen molar-refractivity contribution in [1.82, 2.24) is 4.90 Å². The van der Waals surface area contributed by atoms with Crippen LogP contribution in [0, 0.1) is 13.8 Å². The molecule has 2 aromatic heterocycles. The fourth-order valence-electron chi connectivity index (χ4n) is 3.27. The third-order valence-electron chi connectivity index (χ3n) is 4.26. The maximum Gasteiger partial charge on any atom is 0.325 e. The molecule has 2 atom stereocenters. The average molecular weight is 305 g/mol. The van der Waals surface area contributed by atoms with Gasteiger partial charge in [-0.2, -0.15) is 0 Å². The van der Waals surface area contributed by atoms with Crippen molar-refractivity contribution in [2.45, 2.75) is 39.3 Å². The largest absolute Gasteiger partial charge is 0.480 e. The first-order valence-corrected chi connectivity index (χ1v) is 7.98. The van der Waals surface area contributed by atoms with E-state index < -0.39 is 12.0 Å². The van der Waals surface area contributed by atoms with Crippen LogP contribution in [0.4, 0.5) is 0 Å². The lowest BCUT2D eigenvalue weighted by Gasteiger charge is -2.37. The highest BCUT2D eigenvalue weighted by molar-refractivity contribution is 7.10. The summed E-state index contributed by atoms with van der Waals surface area (Å²) in [6.45, 7) is 6.68. The van der Waals surface area contributed by atoms with Gasteiger partial charge in [0.25, 0.3) is 0 Å². The van der Waals surface area contributed by atoms with Crippen molar-refractivity contribution in [3.05, 3.63) is 45.0 Å². The highest BCUT2D eigenvalue weighted by atomic mass is 32.1. The zero-order valence-electron chi connectivity index (χ0n) is 12.4. The summed E-state index contributed by atoms with van der Waals surface area (Å²) >= 11 is 1.65. The molecule has 0 aromatic carbocycles. The number of carboxylic acids is 1. The molecular weight excluding hydrogens is 286 g/mol. The topological polar surface area (TPSA) is 53.7 Å². The molecule has 0 radical (unpaired) electrons. The van der Waals surface area contributed by atoms with Crippen molar-refractivity contribution in [1.29, 1.82) is 0 Å². The van der Waals surface area contributed by atoms with Crippen LogP contribution < -0.4 is 0 Å². The predicted molar refractivity (Wildman–Crippen MR) is 81.7 cm³/mol. The van der Waals surface area contributed by atoms with Gasteiger partial charge in [0.05, 0.1) is 0 Å². The average Bonchev–Trinajstić information content (AvgIpc) is 3.02. The highest BCUT2D eigenvalue weighted by Gasteiger charge is 2.37. The van der Waals surface area contributed by atoms with Crippen LogP contribution >= 0.6 is 11.3 Å². The molecule has 4 nitrogen and oxygen atoms in total. The fraction of sp³-hybridized carbons (Fsp3) is 0.438. The van der Waals surface area contributed by atoms with Crippen LogP contribution in [0.2, 0.25) is 0 Å². The molecule has 3 heterocycles. The summed E-state index contributed by atoms with van der Waals surface area (Å²) in [6, 6.07) is 3.42. The maximum absolute atomic E-state index is 11.8. The molecular formula is C16H19NO3S. The number of aliphatic carboxylic acids is 1. The van der Waals surface area contributed by atoms with Crippen molar-refractivity contribution in [2.75, 3.05) is 6.54 Å². The van der Waals surface area contributed by atoms with Crippen molar-refractivity contribution in [2.24, 2.45) is 0 Å². The van der Waals surface area contributed by atoms with E-state index in [1.807, 2.05) is 31.4 Å². The molecule has 1 aliphatic rings. The Morgan fingerprint density at radius 2 is 2.29 bits per heavy atom. The van der Waals surface area contributed by atoms with Crippen LogP contribution in [0.25, 0.3) is 0 Å². The Labute approximate surface area is 128 Å². The van der Waals surface area contributed by atoms with Crippen molar-refractivity contribution in [3.8, 4) is 0 Å². The van der Waals surface area contributed by atoms with Gasteiger partial charge >= 0.3 is 5.97 Å². The molecule has 5 heteroatoms. The third-order valence-corrected chi connectivity index (χ3v) is 5.26. The lowest BCUT2D eigenvalue weighted by atomic mass is 9.96. The Morgan fingerprint density at radius 1 is 1.52 bits per heavy atom. The van der Waals surface area contributed by atoms with Gasteiger partial charge in [0.1, 0.15) is 17.6 Å². The summed E-state index contributed by atoms with van der Waals surface area (Å²) in [7, 11) is 0. The predicted octanol–water partition coefficient (Wildman–Crippen LogP) is 3.70. The van der Waals surface area contributed by atoms with Crippen molar-refractivity contribution < 1.29 is 14.3 Å². The van der Waals surface area contributed by atoms with Gasteiger partial charge in [-0.05, 0) is 50.3 Å². The van der Waals surface area contributed by atoms with Gasteiger partial charge < -0.3 is 9.52 Å². The molecule has 112 valence electrons. The number of nitrogens with zero attached hydrogens (tertiary/aromatic N) is 1. The molecule has 1 aliphatic heterocycles. The van der Waals surface area contributed by atoms with Gasteiger partial charge in [-0.3, -0.25) is 9.69 Å². The molecule has 0 amide bonds. The summed E-state index contributed by atoms with van der Waals surface area (Å²) in [5.41, 5.74) is 2.03. The van der Waals surface area contributed by atoms with Crippen LogP contribution in [0.3, 0.4) is 0 Å². The molecule has 0 fully saturated rings. The quantitative estimate of drug-likeness (QED) is 0.939. The van der Waals surface area contributed by atoms with E-state index in [9.17, 15) is 9.90 Å². The molecule has 0 aliphatic carbocycles. The Bertz CT molecular complexity index is 673. The number of rotatable bonds is 3. The monoisotopic (exact) mass is 305 g/mol. The van der Waals surface area contributed by atoms with Gasteiger partial charge in [-0.1, -0.05) is 0 Å². The lowest BCUT2D eigenvalue weighted by molar-refractivity contribution is -0.145. The molecule has 2 unspecified atom stereocenters. The summed E-state index contributed by atoms with van der Waals surface area (Å²) in [5, 5.41) is 11.7. The second-order valence-corrected chi connectivity index (χ2v) is 6.57. The summed E-state index contributed by atoms with van der Waals surface area (Å²) < 4.78 is 5.60. The molecule has 0 saturated carbocycles. The fourth-order valence-corrected chi connectivity index (χ4v) is 4.18. The molecule has 0 saturated heterocycles. The lowest BCUT2D eigenvalue weighted by Crippen LogP contribution is -2.40. The summed E-state index contributed by atoms with van der Waals surface area (Å²) in [4.78, 5) is 15.1. The first kappa shape index (κ1) is 14.4. The van der Waals surface area contributed by atoms with Gasteiger partial charge in [-0.25, -0.2) is 0 Å². The van der Waals surface area contributed by atoms with E-state index in [0.717, 1.165) is 35.6 Å². The highest BCUT2D eigenvalue weighted by Crippen LogP contribution is 2.39. The SMILES string of the molecule is Cc1cc(C(C)N2CCc3sccc3C2C(=O)O)c(C)o1. The van der Waals surface area contributed by atoms with Gasteiger partial charge in [-0.15, -0.1) is 11.3 Å². The second-order valence-electron chi connectivity index (χ2n) is 5.57. The van der Waals surface area contributed by atoms with Crippen LogP contribution in [0.1, 0.15) is 46.5 Å². The van der Waals surface area contributed by atoms with Gasteiger partial charge in [0.15, 0.2) is 0 Å². The molecule has 0 bridgehead atoms. The minimum atomic E-state index is -0.779. The standard InChI is InChI=1S/C16H19NO3S/c1-9-8-13(11(3)20-9)10(2)17-6-4-14-12(5-7-21-14)15(17)16(18)19/h5,7-8,10,15H,4,6H2,1-3H3,(H,18,19). The molecule has 1 N–H and O–H groups in total. The smallest absolute Gasteiger partial charge is 0.325 e. The number of fused-ring (bicyclic) bond motifs is 1. The van der Waals surface area contributed by atoms with E-state index in [-0.39, 0.29) is 6.04 Å². The molecule has 21 heavy (non-hydrogen) atoms. The van der Waals surface area contributed by atoms with Gasteiger partial charge in [0, 0.05) is 23.0 Å². The molecule has 2 aromatic rings. The number of carboxylic acid groups (broad SMARTS) is 1. The van der Waals surface area contributed by atoms with Gasteiger partial charge in [0.2, 0.25) is 0 Å². The Kier molecular flexibility index (Phi) is 3.63. The zero-order chi connectivity index (χ0) is 15.1. The summed E-state index contributed by atoms with van der Waals surface area (Å²) in [5.74, 6) is 0.966. The van der Waals surface area contributed by atoms with E-state index in [4.69, 9.17) is 4.42 Å². The number of carbonyl (C=O) groups is 1. The number of aryl methyl sites for hydroxylation is 2. The number of furan rings is 1. The van der Waals surface area contributed by atoms with E-state index >= 15 is 0 Å². The number of thiophene rings is 1. The Balaban J connectivity index is 1.98. The molecule has 3 rings (SSSR count). The van der Waals surface area contributed by atoms with Crippen molar-refractivity contribution >= 4 is 17.3 Å². The Hall–Kier alpha value is -1.59. The minimum Gasteiger partial charge on any atom is -0.480 e. The van der Waals surface area contributed by atoms with Crippen LogP contribution in [-0.2, 0) is 11.2 Å². The normalized spacial score (nSPS) is 20.2. The maximum atomic E-state index is 11.8.